The Labute approximate surface area is 117 Å². The number of hydrogen-bond acceptors (Lipinski definition) is 5. The van der Waals surface area contributed by atoms with Gasteiger partial charge in [0.05, 0.1) is 0 Å². The lowest BCUT2D eigenvalue weighted by molar-refractivity contribution is 0.0698. The van der Waals surface area contributed by atoms with E-state index in [0.717, 1.165) is 17.9 Å². The molecule has 1 rings (SSSR count). The maximum atomic E-state index is 12.1. The zero-order chi connectivity index (χ0) is 14.6. The minimum Gasteiger partial charge on any atom is -0.477 e. The lowest BCUT2D eigenvalue weighted by atomic mass is 10.3. The molecule has 0 aromatic carbocycles. The average molecular weight is 306 g/mol. The van der Waals surface area contributed by atoms with Crippen LogP contribution in [0.2, 0.25) is 0 Å². The summed E-state index contributed by atoms with van der Waals surface area (Å²) in [7, 11) is -1.89. The fraction of sp³-hybridized carbons (Fsp3) is 0.545. The Kier molecular flexibility index (Phi) is 5.48. The third-order valence-electron chi connectivity index (χ3n) is 2.71. The molecule has 0 bridgehead atoms. The molecule has 0 saturated carbocycles. The van der Waals surface area contributed by atoms with Gasteiger partial charge in [-0.1, -0.05) is 6.92 Å². The maximum Gasteiger partial charge on any atom is 0.347 e. The largest absolute Gasteiger partial charge is 0.477 e. The molecule has 0 aliphatic carbocycles. The van der Waals surface area contributed by atoms with Crippen LogP contribution in [0.5, 0.6) is 0 Å². The van der Waals surface area contributed by atoms with Crippen LogP contribution in [-0.2, 0) is 10.0 Å². The van der Waals surface area contributed by atoms with Crippen LogP contribution in [0, 0.1) is 6.92 Å². The van der Waals surface area contributed by atoms with Crippen molar-refractivity contribution in [3.63, 3.8) is 0 Å². The number of hydrogen-bond donors (Lipinski definition) is 2. The smallest absolute Gasteiger partial charge is 0.347 e. The van der Waals surface area contributed by atoms with Crippen molar-refractivity contribution in [1.82, 2.24) is 9.62 Å². The summed E-state index contributed by atoms with van der Waals surface area (Å²) in [6.45, 7) is 5.21. The Bertz CT molecular complexity index is 551. The average Bonchev–Trinajstić information content (AvgIpc) is 2.71. The highest BCUT2D eigenvalue weighted by atomic mass is 32.2. The van der Waals surface area contributed by atoms with Crippen LogP contribution >= 0.6 is 11.3 Å². The van der Waals surface area contributed by atoms with E-state index in [1.807, 2.05) is 18.9 Å². The number of nitrogens with one attached hydrogen (secondary N) is 1. The molecule has 0 saturated heterocycles. The monoisotopic (exact) mass is 306 g/mol. The van der Waals surface area contributed by atoms with E-state index in [1.54, 1.807) is 6.92 Å². The van der Waals surface area contributed by atoms with Gasteiger partial charge in [-0.25, -0.2) is 17.9 Å². The predicted octanol–water partition coefficient (Wildman–Crippen LogP) is 0.985. The van der Waals surface area contributed by atoms with Crippen molar-refractivity contribution in [2.45, 2.75) is 18.7 Å². The molecule has 1 heterocycles. The molecule has 0 spiro atoms. The first-order chi connectivity index (χ1) is 8.79. The molecule has 108 valence electrons. The van der Waals surface area contributed by atoms with E-state index in [0.29, 0.717) is 12.1 Å². The summed E-state index contributed by atoms with van der Waals surface area (Å²) < 4.78 is 26.7. The number of carbonyl (C=O) groups is 1. The van der Waals surface area contributed by atoms with Gasteiger partial charge < -0.3 is 10.0 Å². The molecular formula is C11H18N2O4S2. The van der Waals surface area contributed by atoms with Gasteiger partial charge in [0.15, 0.2) is 0 Å². The van der Waals surface area contributed by atoms with E-state index in [4.69, 9.17) is 5.11 Å². The summed E-state index contributed by atoms with van der Waals surface area (Å²) in [6, 6.07) is 0. The standard InChI is InChI=1S/C11H18N2O4S2/c1-4-13(3)6-5-12-19(16,17)10-8(2)7-18-9(10)11(14)15/h7,12H,4-6H2,1-3H3,(H,14,15). The normalized spacial score (nSPS) is 12.0. The van der Waals surface area contributed by atoms with Crippen molar-refractivity contribution in [2.75, 3.05) is 26.7 Å². The van der Waals surface area contributed by atoms with E-state index in [2.05, 4.69) is 4.72 Å². The van der Waals surface area contributed by atoms with Gasteiger partial charge >= 0.3 is 5.97 Å². The summed E-state index contributed by atoms with van der Waals surface area (Å²) in [5.41, 5.74) is 0.457. The summed E-state index contributed by atoms with van der Waals surface area (Å²) in [4.78, 5) is 12.7. The highest BCUT2D eigenvalue weighted by Gasteiger charge is 2.26. The van der Waals surface area contributed by atoms with Crippen molar-refractivity contribution in [2.24, 2.45) is 0 Å². The van der Waals surface area contributed by atoms with Crippen molar-refractivity contribution in [3.05, 3.63) is 15.8 Å². The lowest BCUT2D eigenvalue weighted by Gasteiger charge is -2.14. The summed E-state index contributed by atoms with van der Waals surface area (Å²) >= 11 is 0.926. The van der Waals surface area contributed by atoms with Crippen LogP contribution in [0.1, 0.15) is 22.2 Å². The number of carboxylic acid groups (broad SMARTS) is 1. The molecule has 6 nitrogen and oxygen atoms in total. The van der Waals surface area contributed by atoms with Crippen molar-refractivity contribution >= 4 is 27.3 Å². The zero-order valence-electron chi connectivity index (χ0n) is 11.1. The second kappa shape index (κ2) is 6.47. The summed E-state index contributed by atoms with van der Waals surface area (Å²) in [5, 5.41) is 10.5. The molecule has 0 aliphatic rings. The Morgan fingerprint density at radius 2 is 2.16 bits per heavy atom. The Morgan fingerprint density at radius 3 is 2.68 bits per heavy atom. The zero-order valence-corrected chi connectivity index (χ0v) is 12.8. The molecule has 0 atom stereocenters. The number of aromatic carboxylic acids is 1. The molecule has 2 N–H and O–H groups in total. The molecule has 1 aromatic rings. The van der Waals surface area contributed by atoms with Crippen LogP contribution < -0.4 is 4.72 Å². The first-order valence-corrected chi connectivity index (χ1v) is 8.15. The SMILES string of the molecule is CCN(C)CCNS(=O)(=O)c1c(C)csc1C(=O)O. The molecule has 8 heteroatoms. The van der Waals surface area contributed by atoms with E-state index in [1.165, 1.54) is 5.38 Å². The van der Waals surface area contributed by atoms with Gasteiger partial charge in [0.2, 0.25) is 10.0 Å². The number of likely N-dealkylation sites (N-methyl/N-ethyl adjacent to an activating group) is 1. The van der Waals surface area contributed by atoms with Crippen LogP contribution in [0.4, 0.5) is 0 Å². The molecule has 0 radical (unpaired) electrons. The highest BCUT2D eigenvalue weighted by Crippen LogP contribution is 2.26. The van der Waals surface area contributed by atoms with Gasteiger partial charge in [-0.15, -0.1) is 11.3 Å². The Morgan fingerprint density at radius 1 is 1.53 bits per heavy atom. The van der Waals surface area contributed by atoms with Gasteiger partial charge in [-0.3, -0.25) is 0 Å². The lowest BCUT2D eigenvalue weighted by Crippen LogP contribution is -2.33. The third-order valence-corrected chi connectivity index (χ3v) is 5.57. The van der Waals surface area contributed by atoms with Gasteiger partial charge in [0, 0.05) is 13.1 Å². The molecule has 19 heavy (non-hydrogen) atoms. The fourth-order valence-corrected chi connectivity index (χ4v) is 4.16. The molecular weight excluding hydrogens is 288 g/mol. The minimum atomic E-state index is -3.77. The van der Waals surface area contributed by atoms with Crippen molar-refractivity contribution in [3.8, 4) is 0 Å². The van der Waals surface area contributed by atoms with Crippen LogP contribution in [0.25, 0.3) is 0 Å². The minimum absolute atomic E-state index is 0.121. The van der Waals surface area contributed by atoms with Crippen molar-refractivity contribution < 1.29 is 18.3 Å². The number of nitrogens with zero attached hydrogens (tertiary/aromatic N) is 1. The number of rotatable bonds is 7. The summed E-state index contributed by atoms with van der Waals surface area (Å²) in [6.07, 6.45) is 0. The molecule has 0 amide bonds. The highest BCUT2D eigenvalue weighted by molar-refractivity contribution is 7.89. The second-order valence-electron chi connectivity index (χ2n) is 4.18. The topological polar surface area (TPSA) is 86.7 Å². The second-order valence-corrected chi connectivity index (χ2v) is 6.76. The molecule has 1 aromatic heterocycles. The maximum absolute atomic E-state index is 12.1. The number of thiophene rings is 1. The van der Waals surface area contributed by atoms with E-state index in [9.17, 15) is 13.2 Å². The first kappa shape index (κ1) is 16.1. The molecule has 0 unspecified atom stereocenters. The van der Waals surface area contributed by atoms with Crippen LogP contribution in [-0.4, -0.2) is 51.1 Å². The van der Waals surface area contributed by atoms with Gasteiger partial charge in [0.1, 0.15) is 9.77 Å². The molecule has 0 aliphatic heterocycles. The van der Waals surface area contributed by atoms with Crippen LogP contribution in [0.3, 0.4) is 0 Å². The third kappa shape index (κ3) is 4.00. The van der Waals surface area contributed by atoms with E-state index < -0.39 is 16.0 Å². The Hall–Kier alpha value is -0.960. The van der Waals surface area contributed by atoms with Gasteiger partial charge in [-0.2, -0.15) is 0 Å². The van der Waals surface area contributed by atoms with Crippen molar-refractivity contribution in [1.29, 1.82) is 0 Å². The van der Waals surface area contributed by atoms with E-state index >= 15 is 0 Å². The predicted molar refractivity (Wildman–Crippen MR) is 74.4 cm³/mol. The Balaban J connectivity index is 2.89. The quantitative estimate of drug-likeness (QED) is 0.784. The van der Waals surface area contributed by atoms with Gasteiger partial charge in [0.25, 0.3) is 0 Å². The van der Waals surface area contributed by atoms with Gasteiger partial charge in [-0.05, 0) is 31.5 Å². The number of aryl methyl sites for hydroxylation is 1. The number of carboxylic acids is 1. The summed E-state index contributed by atoms with van der Waals surface area (Å²) in [5.74, 6) is -1.22. The number of sulfonamides is 1. The fourth-order valence-electron chi connectivity index (χ4n) is 1.52. The van der Waals surface area contributed by atoms with E-state index in [-0.39, 0.29) is 16.3 Å². The first-order valence-electron chi connectivity index (χ1n) is 5.79. The molecule has 0 fully saturated rings. The van der Waals surface area contributed by atoms with Crippen LogP contribution in [0.15, 0.2) is 10.3 Å².